The van der Waals surface area contributed by atoms with Gasteiger partial charge in [-0.3, -0.25) is 4.98 Å². The number of nitrogens with zero attached hydrogens (tertiary/aromatic N) is 1. The molecule has 1 fully saturated rings. The fraction of sp³-hybridized carbons (Fsp3) is 0.462. The molecule has 0 amide bonds. The largest absolute Gasteiger partial charge is 0.307 e. The molecule has 1 saturated heterocycles. The van der Waals surface area contributed by atoms with Gasteiger partial charge in [-0.05, 0) is 42.9 Å². The van der Waals surface area contributed by atoms with Crippen LogP contribution in [0.4, 0.5) is 0 Å². The highest BCUT2D eigenvalue weighted by Crippen LogP contribution is 2.31. The summed E-state index contributed by atoms with van der Waals surface area (Å²) in [6.07, 6.45) is 11.3. The van der Waals surface area contributed by atoms with Crippen LogP contribution >= 0.6 is 0 Å². The summed E-state index contributed by atoms with van der Waals surface area (Å²) in [6.45, 7) is 0. The van der Waals surface area contributed by atoms with E-state index in [9.17, 15) is 0 Å². The topological polar surface area (TPSA) is 24.9 Å². The lowest BCUT2D eigenvalue weighted by Gasteiger charge is -2.14. The van der Waals surface area contributed by atoms with E-state index in [-0.39, 0.29) is 0 Å². The Kier molecular flexibility index (Phi) is 2.29. The van der Waals surface area contributed by atoms with Crippen LogP contribution < -0.4 is 5.32 Å². The molecule has 15 heavy (non-hydrogen) atoms. The van der Waals surface area contributed by atoms with Crippen LogP contribution in [0, 0.1) is 0 Å². The lowest BCUT2D eigenvalue weighted by molar-refractivity contribution is 0.559. The molecule has 2 aliphatic rings. The number of allylic oxidation sites excluding steroid dienone is 1. The molecule has 0 unspecified atom stereocenters. The molecule has 0 spiro atoms. The lowest BCUT2D eigenvalue weighted by atomic mass is 9.95. The number of hydrogen-bond donors (Lipinski definition) is 1. The predicted octanol–water partition coefficient (Wildman–Crippen LogP) is 2.38. The van der Waals surface area contributed by atoms with Gasteiger partial charge in [0.25, 0.3) is 0 Å². The first-order valence-electron chi connectivity index (χ1n) is 5.80. The second kappa shape index (κ2) is 3.78. The second-order valence-corrected chi connectivity index (χ2v) is 4.47. The van der Waals surface area contributed by atoms with Crippen molar-refractivity contribution in [1.29, 1.82) is 0 Å². The quantitative estimate of drug-likeness (QED) is 0.753. The maximum Gasteiger partial charge on any atom is 0.0343 e. The van der Waals surface area contributed by atoms with Crippen molar-refractivity contribution in [3.63, 3.8) is 0 Å². The van der Waals surface area contributed by atoms with E-state index in [1.165, 1.54) is 36.8 Å². The highest BCUT2D eigenvalue weighted by Gasteiger charge is 2.28. The smallest absolute Gasteiger partial charge is 0.0343 e. The Morgan fingerprint density at radius 3 is 3.13 bits per heavy atom. The van der Waals surface area contributed by atoms with Gasteiger partial charge in [0.15, 0.2) is 0 Å². The number of aromatic nitrogens is 1. The third-order valence-electron chi connectivity index (χ3n) is 3.49. The minimum Gasteiger partial charge on any atom is -0.307 e. The Morgan fingerprint density at radius 1 is 1.27 bits per heavy atom. The van der Waals surface area contributed by atoms with Gasteiger partial charge in [-0.15, -0.1) is 0 Å². The fourth-order valence-corrected chi connectivity index (χ4v) is 2.73. The standard InChI is InChI=1S/C13H16N2/c1-4-11-6-7-13(15-11)12(5-1)10-3-2-8-14-9-10/h2-3,5,8-9,11,13,15H,1,4,6-7H2/t11-,13-/m1/s1. The molecule has 2 atom stereocenters. The van der Waals surface area contributed by atoms with Gasteiger partial charge in [-0.2, -0.15) is 0 Å². The molecular formula is C13H16N2. The van der Waals surface area contributed by atoms with Crippen molar-refractivity contribution in [3.05, 3.63) is 36.2 Å². The molecule has 0 aromatic carbocycles. The van der Waals surface area contributed by atoms with E-state index in [2.05, 4.69) is 22.4 Å². The summed E-state index contributed by atoms with van der Waals surface area (Å²) in [5.74, 6) is 0. The normalized spacial score (nSPS) is 29.7. The summed E-state index contributed by atoms with van der Waals surface area (Å²) < 4.78 is 0. The SMILES string of the molecule is C1=C(c2cccnc2)[C@H]2CC[C@@H](CC1)N2. The van der Waals surface area contributed by atoms with Crippen molar-refractivity contribution >= 4 is 5.57 Å². The molecule has 3 heterocycles. The molecule has 2 aliphatic heterocycles. The fourth-order valence-electron chi connectivity index (χ4n) is 2.73. The van der Waals surface area contributed by atoms with Crippen LogP contribution in [0.3, 0.4) is 0 Å². The molecule has 1 N–H and O–H groups in total. The summed E-state index contributed by atoms with van der Waals surface area (Å²) in [6, 6.07) is 5.51. The third kappa shape index (κ3) is 1.70. The van der Waals surface area contributed by atoms with E-state index in [4.69, 9.17) is 0 Å². The van der Waals surface area contributed by atoms with Gasteiger partial charge in [0, 0.05) is 24.5 Å². The zero-order valence-electron chi connectivity index (χ0n) is 8.82. The Hall–Kier alpha value is -1.15. The van der Waals surface area contributed by atoms with E-state index in [1.807, 2.05) is 18.5 Å². The maximum absolute atomic E-state index is 4.20. The van der Waals surface area contributed by atoms with Crippen molar-refractivity contribution < 1.29 is 0 Å². The van der Waals surface area contributed by atoms with E-state index in [0.29, 0.717) is 6.04 Å². The summed E-state index contributed by atoms with van der Waals surface area (Å²) in [5.41, 5.74) is 2.75. The van der Waals surface area contributed by atoms with Gasteiger partial charge in [0.05, 0.1) is 0 Å². The number of hydrogen-bond acceptors (Lipinski definition) is 2. The maximum atomic E-state index is 4.20. The van der Waals surface area contributed by atoms with Gasteiger partial charge in [-0.1, -0.05) is 12.1 Å². The summed E-state index contributed by atoms with van der Waals surface area (Å²) >= 11 is 0. The van der Waals surface area contributed by atoms with Gasteiger partial charge in [0.1, 0.15) is 0 Å². The molecule has 0 saturated carbocycles. The molecule has 2 nitrogen and oxygen atoms in total. The zero-order valence-corrected chi connectivity index (χ0v) is 8.82. The Morgan fingerprint density at radius 2 is 2.27 bits per heavy atom. The number of nitrogens with one attached hydrogen (secondary N) is 1. The minimum atomic E-state index is 0.571. The lowest BCUT2D eigenvalue weighted by Crippen LogP contribution is -2.28. The highest BCUT2D eigenvalue weighted by atomic mass is 15.0. The summed E-state index contributed by atoms with van der Waals surface area (Å²) in [7, 11) is 0. The molecule has 78 valence electrons. The summed E-state index contributed by atoms with van der Waals surface area (Å²) in [5, 5.41) is 3.71. The van der Waals surface area contributed by atoms with Gasteiger partial charge in [0.2, 0.25) is 0 Å². The van der Waals surface area contributed by atoms with E-state index < -0.39 is 0 Å². The highest BCUT2D eigenvalue weighted by molar-refractivity contribution is 5.69. The third-order valence-corrected chi connectivity index (χ3v) is 3.49. The van der Waals surface area contributed by atoms with Crippen LogP contribution in [0.25, 0.3) is 5.57 Å². The van der Waals surface area contributed by atoms with Crippen molar-refractivity contribution in [2.75, 3.05) is 0 Å². The van der Waals surface area contributed by atoms with Crippen LogP contribution in [0.2, 0.25) is 0 Å². The Bertz CT molecular complexity index is 369. The van der Waals surface area contributed by atoms with Gasteiger partial charge >= 0.3 is 0 Å². The second-order valence-electron chi connectivity index (χ2n) is 4.47. The van der Waals surface area contributed by atoms with Crippen LogP contribution in [-0.2, 0) is 0 Å². The molecular weight excluding hydrogens is 184 g/mol. The van der Waals surface area contributed by atoms with E-state index >= 15 is 0 Å². The van der Waals surface area contributed by atoms with Crippen LogP contribution in [0.5, 0.6) is 0 Å². The van der Waals surface area contributed by atoms with Crippen molar-refractivity contribution in [2.45, 2.75) is 37.8 Å². The van der Waals surface area contributed by atoms with Gasteiger partial charge in [-0.25, -0.2) is 0 Å². The first-order chi connectivity index (χ1) is 7.43. The Labute approximate surface area is 90.4 Å². The van der Waals surface area contributed by atoms with Crippen LogP contribution in [-0.4, -0.2) is 17.1 Å². The molecule has 1 aromatic heterocycles. The van der Waals surface area contributed by atoms with Gasteiger partial charge < -0.3 is 5.32 Å². The molecule has 1 aromatic rings. The first-order valence-corrected chi connectivity index (χ1v) is 5.80. The van der Waals surface area contributed by atoms with Crippen molar-refractivity contribution in [2.24, 2.45) is 0 Å². The monoisotopic (exact) mass is 200 g/mol. The number of fused-ring (bicyclic) bond motifs is 2. The van der Waals surface area contributed by atoms with E-state index in [0.717, 1.165) is 6.04 Å². The van der Waals surface area contributed by atoms with Crippen molar-refractivity contribution in [1.82, 2.24) is 10.3 Å². The Balaban J connectivity index is 1.94. The number of pyridine rings is 1. The average Bonchev–Trinajstić information content (AvgIpc) is 2.61. The summed E-state index contributed by atoms with van der Waals surface area (Å²) in [4.78, 5) is 4.20. The molecule has 2 bridgehead atoms. The molecule has 0 aliphatic carbocycles. The molecule has 2 heteroatoms. The predicted molar refractivity (Wildman–Crippen MR) is 61.4 cm³/mol. The van der Waals surface area contributed by atoms with Crippen molar-refractivity contribution in [3.8, 4) is 0 Å². The first kappa shape index (κ1) is 9.10. The zero-order chi connectivity index (χ0) is 10.1. The molecule has 3 rings (SSSR count). The van der Waals surface area contributed by atoms with Crippen LogP contribution in [0.1, 0.15) is 31.2 Å². The van der Waals surface area contributed by atoms with Crippen LogP contribution in [0.15, 0.2) is 30.6 Å². The average molecular weight is 200 g/mol. The number of rotatable bonds is 1. The molecule has 0 radical (unpaired) electrons. The van der Waals surface area contributed by atoms with E-state index in [1.54, 1.807) is 0 Å². The minimum absolute atomic E-state index is 0.571.